The molecule has 0 unspecified atom stereocenters. The van der Waals surface area contributed by atoms with Gasteiger partial charge in [0.25, 0.3) is 0 Å². The lowest BCUT2D eigenvalue weighted by Gasteiger charge is -2.02. The van der Waals surface area contributed by atoms with Gasteiger partial charge in [-0.25, -0.2) is 4.79 Å². The molecule has 0 fully saturated rings. The zero-order valence-corrected chi connectivity index (χ0v) is 11.2. The highest BCUT2D eigenvalue weighted by molar-refractivity contribution is 6.31. The van der Waals surface area contributed by atoms with Gasteiger partial charge in [0.2, 0.25) is 0 Å². The summed E-state index contributed by atoms with van der Waals surface area (Å²) in [5.41, 5.74) is 0.403. The molecule has 0 aliphatic heterocycles. The Morgan fingerprint density at radius 1 is 1.25 bits per heavy atom. The van der Waals surface area contributed by atoms with Crippen molar-refractivity contribution in [3.63, 3.8) is 0 Å². The highest BCUT2D eigenvalue weighted by Crippen LogP contribution is 2.11. The maximum Gasteiger partial charge on any atom is 0.331 e. The van der Waals surface area contributed by atoms with Gasteiger partial charge in [-0.3, -0.25) is 4.79 Å². The van der Waals surface area contributed by atoms with E-state index in [1.165, 1.54) is 24.5 Å². The molecule has 2 rings (SSSR count). The summed E-state index contributed by atoms with van der Waals surface area (Å²) in [4.78, 5) is 23.2. The van der Waals surface area contributed by atoms with Crippen LogP contribution in [0.25, 0.3) is 6.08 Å². The Bertz CT molecular complexity index is 629. The summed E-state index contributed by atoms with van der Waals surface area (Å²) in [7, 11) is 0. The number of carbonyl (C=O) groups is 2. The van der Waals surface area contributed by atoms with E-state index in [-0.39, 0.29) is 12.4 Å². The number of carbonyl (C=O) groups excluding carboxylic acids is 2. The van der Waals surface area contributed by atoms with Crippen LogP contribution in [-0.2, 0) is 9.53 Å². The second-order valence-electron chi connectivity index (χ2n) is 3.89. The maximum atomic E-state index is 11.8. The zero-order valence-electron chi connectivity index (χ0n) is 10.4. The summed E-state index contributed by atoms with van der Waals surface area (Å²) in [6, 6.07) is 9.86. The first-order valence-corrected chi connectivity index (χ1v) is 6.20. The minimum absolute atomic E-state index is 0.313. The van der Waals surface area contributed by atoms with E-state index < -0.39 is 5.97 Å². The quantitative estimate of drug-likeness (QED) is 0.481. The highest BCUT2D eigenvalue weighted by atomic mass is 35.5. The smallest absolute Gasteiger partial charge is 0.331 e. The van der Waals surface area contributed by atoms with Gasteiger partial charge in [0.15, 0.2) is 12.4 Å². The van der Waals surface area contributed by atoms with Crippen molar-refractivity contribution in [1.82, 2.24) is 0 Å². The van der Waals surface area contributed by atoms with E-state index in [1.54, 1.807) is 30.3 Å². The van der Waals surface area contributed by atoms with Crippen molar-refractivity contribution in [2.45, 2.75) is 0 Å². The summed E-state index contributed by atoms with van der Waals surface area (Å²) in [6.45, 7) is -0.332. The van der Waals surface area contributed by atoms with Crippen molar-refractivity contribution in [1.29, 1.82) is 0 Å². The van der Waals surface area contributed by atoms with E-state index in [9.17, 15) is 9.59 Å². The lowest BCUT2D eigenvalue weighted by molar-refractivity contribution is -0.136. The minimum Gasteiger partial charge on any atom is -0.465 e. The van der Waals surface area contributed by atoms with Crippen LogP contribution in [0.15, 0.2) is 53.2 Å². The predicted octanol–water partition coefficient (Wildman–Crippen LogP) is 3.37. The molecule has 4 nitrogen and oxygen atoms in total. The van der Waals surface area contributed by atoms with Crippen LogP contribution in [-0.4, -0.2) is 18.4 Å². The number of hydrogen-bond acceptors (Lipinski definition) is 4. The molecule has 102 valence electrons. The lowest BCUT2D eigenvalue weighted by Crippen LogP contribution is -2.12. The second kappa shape index (κ2) is 6.73. The third-order valence-corrected chi connectivity index (χ3v) is 2.65. The van der Waals surface area contributed by atoms with Crippen LogP contribution in [0, 0.1) is 0 Å². The molecule has 0 radical (unpaired) electrons. The minimum atomic E-state index is -0.614. The van der Waals surface area contributed by atoms with Gasteiger partial charge in [0.05, 0.1) is 6.26 Å². The van der Waals surface area contributed by atoms with Crippen molar-refractivity contribution >= 4 is 29.4 Å². The Kier molecular flexibility index (Phi) is 4.74. The molecule has 2 aromatic rings. The average Bonchev–Trinajstić information content (AvgIpc) is 2.95. The number of hydrogen-bond donors (Lipinski definition) is 0. The molecule has 20 heavy (non-hydrogen) atoms. The summed E-state index contributed by atoms with van der Waals surface area (Å²) in [5.74, 6) is -0.396. The molecule has 0 saturated heterocycles. The van der Waals surface area contributed by atoms with Crippen LogP contribution in [0.5, 0.6) is 0 Å². The maximum absolute atomic E-state index is 11.8. The van der Waals surface area contributed by atoms with Gasteiger partial charge in [0.1, 0.15) is 5.76 Å². The van der Waals surface area contributed by atoms with E-state index >= 15 is 0 Å². The van der Waals surface area contributed by atoms with E-state index in [0.717, 1.165) is 0 Å². The topological polar surface area (TPSA) is 56.5 Å². The van der Waals surface area contributed by atoms with Crippen LogP contribution >= 0.6 is 11.6 Å². The van der Waals surface area contributed by atoms with Gasteiger partial charge in [-0.1, -0.05) is 23.7 Å². The van der Waals surface area contributed by atoms with Crippen LogP contribution in [0.3, 0.4) is 0 Å². The first kappa shape index (κ1) is 14.1. The predicted molar refractivity (Wildman–Crippen MR) is 74.5 cm³/mol. The van der Waals surface area contributed by atoms with Gasteiger partial charge in [-0.05, 0) is 30.3 Å². The van der Waals surface area contributed by atoms with Crippen molar-refractivity contribution in [3.05, 3.63) is 65.1 Å². The van der Waals surface area contributed by atoms with Crippen LogP contribution in [0.1, 0.15) is 16.1 Å². The third-order valence-electron chi connectivity index (χ3n) is 2.42. The molecular formula is C15H11ClO4. The molecule has 0 atom stereocenters. The van der Waals surface area contributed by atoms with Crippen molar-refractivity contribution in [3.8, 4) is 0 Å². The zero-order chi connectivity index (χ0) is 14.4. The molecule has 1 heterocycles. The van der Waals surface area contributed by atoms with Crippen molar-refractivity contribution in [2.24, 2.45) is 0 Å². The average molecular weight is 291 g/mol. The Morgan fingerprint density at radius 2 is 2.10 bits per heavy atom. The van der Waals surface area contributed by atoms with Gasteiger partial charge in [-0.15, -0.1) is 0 Å². The molecular weight excluding hydrogens is 280 g/mol. The fourth-order valence-electron chi connectivity index (χ4n) is 1.47. The van der Waals surface area contributed by atoms with E-state index in [4.69, 9.17) is 20.8 Å². The first-order chi connectivity index (χ1) is 9.65. The number of furan rings is 1. The normalized spacial score (nSPS) is 10.7. The Morgan fingerprint density at radius 3 is 2.80 bits per heavy atom. The fourth-order valence-corrected chi connectivity index (χ4v) is 1.66. The van der Waals surface area contributed by atoms with E-state index in [1.807, 2.05) is 0 Å². The van der Waals surface area contributed by atoms with Crippen LogP contribution in [0.2, 0.25) is 5.02 Å². The molecule has 0 saturated carbocycles. The standard InChI is InChI=1S/C15H11ClO4/c16-12-4-1-3-11(9-12)14(17)10-20-15(18)7-6-13-5-2-8-19-13/h1-9H,10H2. The summed E-state index contributed by atoms with van der Waals surface area (Å²) in [6.07, 6.45) is 4.16. The molecule has 0 aliphatic carbocycles. The SMILES string of the molecule is O=C(C=Cc1ccco1)OCC(=O)c1cccc(Cl)c1. The summed E-state index contributed by atoms with van der Waals surface area (Å²) in [5, 5.41) is 0.458. The Hall–Kier alpha value is -2.33. The fraction of sp³-hybridized carbons (Fsp3) is 0.0667. The molecule has 0 bridgehead atoms. The van der Waals surface area contributed by atoms with Gasteiger partial charge in [0, 0.05) is 16.7 Å². The number of benzene rings is 1. The number of esters is 1. The molecule has 0 spiro atoms. The molecule has 0 N–H and O–H groups in total. The monoisotopic (exact) mass is 290 g/mol. The van der Waals surface area contributed by atoms with Crippen LogP contribution in [0.4, 0.5) is 0 Å². The third kappa shape index (κ3) is 4.10. The van der Waals surface area contributed by atoms with Gasteiger partial charge in [-0.2, -0.15) is 0 Å². The lowest BCUT2D eigenvalue weighted by atomic mass is 10.1. The number of ketones is 1. The number of ether oxygens (including phenoxy) is 1. The molecule has 0 amide bonds. The first-order valence-electron chi connectivity index (χ1n) is 5.82. The van der Waals surface area contributed by atoms with Gasteiger partial charge < -0.3 is 9.15 Å². The Labute approximate surface area is 120 Å². The van der Waals surface area contributed by atoms with E-state index in [2.05, 4.69) is 0 Å². The Balaban J connectivity index is 1.86. The molecule has 0 aliphatic rings. The highest BCUT2D eigenvalue weighted by Gasteiger charge is 2.08. The van der Waals surface area contributed by atoms with Gasteiger partial charge >= 0.3 is 5.97 Å². The number of rotatable bonds is 5. The summed E-state index contributed by atoms with van der Waals surface area (Å²) < 4.78 is 9.85. The number of Topliss-reactive ketones (excluding diaryl/α,β-unsaturated/α-hetero) is 1. The van der Waals surface area contributed by atoms with Crippen molar-refractivity contribution in [2.75, 3.05) is 6.61 Å². The molecule has 5 heteroatoms. The van der Waals surface area contributed by atoms with E-state index in [0.29, 0.717) is 16.3 Å². The summed E-state index contributed by atoms with van der Waals surface area (Å²) >= 11 is 5.78. The molecule has 1 aromatic heterocycles. The van der Waals surface area contributed by atoms with Crippen LogP contribution < -0.4 is 0 Å². The largest absolute Gasteiger partial charge is 0.465 e. The number of halogens is 1. The second-order valence-corrected chi connectivity index (χ2v) is 4.33. The van der Waals surface area contributed by atoms with Crippen molar-refractivity contribution < 1.29 is 18.7 Å². The molecule has 1 aromatic carbocycles.